The summed E-state index contributed by atoms with van der Waals surface area (Å²) in [5.41, 5.74) is 3.09. The Hall–Kier alpha value is -4.70. The lowest BCUT2D eigenvalue weighted by Crippen LogP contribution is -2.50. The monoisotopic (exact) mass is 623 g/mol. The molecule has 0 radical (unpaired) electrons. The van der Waals surface area contributed by atoms with Crippen molar-refractivity contribution < 1.29 is 27.2 Å². The van der Waals surface area contributed by atoms with Crippen molar-refractivity contribution in [3.63, 3.8) is 0 Å². The Bertz CT molecular complexity index is 1820. The number of hydrogen-bond acceptors (Lipinski definition) is 10. The number of alkyl halides is 3. The number of pyridine rings is 1. The third-order valence-corrected chi connectivity index (χ3v) is 8.32. The van der Waals surface area contributed by atoms with E-state index < -0.39 is 24.7 Å². The van der Waals surface area contributed by atoms with Gasteiger partial charge in [0.15, 0.2) is 11.4 Å². The van der Waals surface area contributed by atoms with Gasteiger partial charge in [0, 0.05) is 43.6 Å². The first-order valence-corrected chi connectivity index (χ1v) is 14.7. The summed E-state index contributed by atoms with van der Waals surface area (Å²) in [5, 5.41) is 17.8. The van der Waals surface area contributed by atoms with Crippen LogP contribution in [0.2, 0.25) is 0 Å². The van der Waals surface area contributed by atoms with Crippen LogP contribution in [-0.2, 0) is 4.79 Å². The zero-order valence-corrected chi connectivity index (χ0v) is 23.7. The van der Waals surface area contributed by atoms with Gasteiger partial charge in [-0.15, -0.1) is 10.2 Å². The summed E-state index contributed by atoms with van der Waals surface area (Å²) in [6.07, 6.45) is 0.655. The number of fused-ring (bicyclic) bond motifs is 1. The van der Waals surface area contributed by atoms with Crippen molar-refractivity contribution in [1.29, 1.82) is 0 Å². The van der Waals surface area contributed by atoms with E-state index in [4.69, 9.17) is 4.42 Å². The van der Waals surface area contributed by atoms with Gasteiger partial charge in [-0.3, -0.25) is 19.5 Å². The standard InChI is InChI=1S/C28H24F3N9O3S/c29-19-13-18(19)25(41)33-17-1-2-22-20(12-17)34-26(43-22)15-3-5-32-21(11-15)27(42)39-8-6-38(7-9-39)23(16-4-10-44-14-16)24-35-37-40(36-24)28(30)31/h1-5,10-12,14,18-19,23,28H,6-9,13H2,(H,33,41)/t18?,19-,23+/m0/s1. The van der Waals surface area contributed by atoms with E-state index in [0.717, 1.165) is 5.56 Å². The fourth-order valence-corrected chi connectivity index (χ4v) is 5.89. The van der Waals surface area contributed by atoms with Crippen molar-refractivity contribution in [3.8, 4) is 11.5 Å². The largest absolute Gasteiger partial charge is 0.436 e. The number of anilines is 1. The fourth-order valence-electron chi connectivity index (χ4n) is 5.21. The number of aromatic nitrogens is 6. The molecule has 1 unspecified atom stereocenters. The van der Waals surface area contributed by atoms with Crippen LogP contribution in [0.25, 0.3) is 22.6 Å². The molecule has 1 aliphatic carbocycles. The van der Waals surface area contributed by atoms with E-state index in [1.165, 1.54) is 17.5 Å². The first-order valence-electron chi connectivity index (χ1n) is 13.8. The van der Waals surface area contributed by atoms with Crippen molar-refractivity contribution in [3.05, 3.63) is 70.4 Å². The van der Waals surface area contributed by atoms with Gasteiger partial charge in [-0.25, -0.2) is 9.37 Å². The van der Waals surface area contributed by atoms with E-state index in [0.29, 0.717) is 48.5 Å². The van der Waals surface area contributed by atoms with Gasteiger partial charge in [-0.2, -0.15) is 20.1 Å². The number of hydrogen-bond donors (Lipinski definition) is 1. The van der Waals surface area contributed by atoms with Gasteiger partial charge in [-0.05, 0) is 64.4 Å². The van der Waals surface area contributed by atoms with E-state index in [-0.39, 0.29) is 40.4 Å². The molecule has 1 saturated heterocycles. The van der Waals surface area contributed by atoms with Crippen LogP contribution < -0.4 is 5.32 Å². The topological polar surface area (TPSA) is 135 Å². The molecule has 2 aliphatic rings. The third-order valence-electron chi connectivity index (χ3n) is 7.62. The number of nitrogens with zero attached hydrogens (tertiary/aromatic N) is 8. The maximum absolute atomic E-state index is 13.4. The predicted molar refractivity (Wildman–Crippen MR) is 152 cm³/mol. The van der Waals surface area contributed by atoms with Gasteiger partial charge in [0.05, 0.1) is 5.92 Å². The molecule has 4 aromatic heterocycles. The number of oxazole rings is 1. The lowest BCUT2D eigenvalue weighted by atomic mass is 10.1. The van der Waals surface area contributed by atoms with Gasteiger partial charge in [0.25, 0.3) is 5.91 Å². The van der Waals surface area contributed by atoms with Crippen LogP contribution in [0.3, 0.4) is 0 Å². The Morgan fingerprint density at radius 1 is 1.09 bits per heavy atom. The molecule has 1 saturated carbocycles. The molecule has 44 heavy (non-hydrogen) atoms. The zero-order chi connectivity index (χ0) is 30.4. The highest BCUT2D eigenvalue weighted by molar-refractivity contribution is 7.08. The van der Waals surface area contributed by atoms with Crippen molar-refractivity contribution in [2.45, 2.75) is 25.2 Å². The molecule has 226 valence electrons. The smallest absolute Gasteiger partial charge is 0.350 e. The molecule has 0 spiro atoms. The molecule has 1 aromatic carbocycles. The van der Waals surface area contributed by atoms with Crippen LogP contribution in [0.5, 0.6) is 0 Å². The third kappa shape index (κ3) is 5.53. The highest BCUT2D eigenvalue weighted by Gasteiger charge is 2.43. The van der Waals surface area contributed by atoms with Crippen LogP contribution >= 0.6 is 11.3 Å². The lowest BCUT2D eigenvalue weighted by molar-refractivity contribution is -0.117. The summed E-state index contributed by atoms with van der Waals surface area (Å²) >= 11 is 1.48. The molecule has 5 aromatic rings. The second-order valence-electron chi connectivity index (χ2n) is 10.5. The van der Waals surface area contributed by atoms with Crippen molar-refractivity contribution >= 4 is 39.9 Å². The molecule has 3 atom stereocenters. The molecular formula is C28H24F3N9O3S. The van der Waals surface area contributed by atoms with E-state index >= 15 is 0 Å². The number of piperazine rings is 1. The Morgan fingerprint density at radius 2 is 1.91 bits per heavy atom. The van der Waals surface area contributed by atoms with Crippen LogP contribution in [-0.4, -0.2) is 84.1 Å². The summed E-state index contributed by atoms with van der Waals surface area (Å²) in [7, 11) is 0. The first-order chi connectivity index (χ1) is 21.3. The van der Waals surface area contributed by atoms with Gasteiger partial charge in [0.1, 0.15) is 23.4 Å². The second-order valence-corrected chi connectivity index (χ2v) is 11.3. The van der Waals surface area contributed by atoms with Crippen molar-refractivity contribution in [2.24, 2.45) is 5.92 Å². The van der Waals surface area contributed by atoms with Crippen LogP contribution in [0.1, 0.15) is 40.9 Å². The minimum Gasteiger partial charge on any atom is -0.436 e. The second kappa shape index (κ2) is 11.4. The summed E-state index contributed by atoms with van der Waals surface area (Å²) in [4.78, 5) is 38.4. The molecule has 0 bridgehead atoms. The SMILES string of the molecule is O=C(Nc1ccc2oc(-c3ccnc(C(=O)N4CCN([C@H](c5ccsc5)c5nnn(C(F)F)n5)CC4)c3)nc2c1)C1C[C@@H]1F. The number of tetrazole rings is 1. The molecule has 5 heterocycles. The number of halogens is 3. The van der Waals surface area contributed by atoms with Crippen LogP contribution in [0.4, 0.5) is 18.9 Å². The molecule has 1 N–H and O–H groups in total. The average molecular weight is 624 g/mol. The minimum atomic E-state index is -2.89. The summed E-state index contributed by atoms with van der Waals surface area (Å²) in [6.45, 7) is -1.25. The van der Waals surface area contributed by atoms with Gasteiger partial charge >= 0.3 is 6.55 Å². The zero-order valence-electron chi connectivity index (χ0n) is 22.9. The number of nitrogens with one attached hydrogen (secondary N) is 1. The van der Waals surface area contributed by atoms with E-state index in [1.54, 1.807) is 35.2 Å². The predicted octanol–water partition coefficient (Wildman–Crippen LogP) is 4.18. The molecule has 1 aliphatic heterocycles. The number of rotatable bonds is 8. The molecule has 2 amide bonds. The number of benzene rings is 1. The number of carbonyl (C=O) groups is 2. The fraction of sp³-hybridized carbons (Fsp3) is 0.321. The van der Waals surface area contributed by atoms with Gasteiger partial charge < -0.3 is 14.6 Å². The first kappa shape index (κ1) is 28.1. The van der Waals surface area contributed by atoms with Crippen LogP contribution in [0.15, 0.2) is 57.8 Å². The Kier molecular flexibility index (Phi) is 7.29. The molecule has 2 fully saturated rings. The van der Waals surface area contributed by atoms with E-state index in [2.05, 4.69) is 30.7 Å². The Labute approximate surface area is 251 Å². The molecule has 7 rings (SSSR count). The molecular weight excluding hydrogens is 599 g/mol. The number of thiophene rings is 1. The summed E-state index contributed by atoms with van der Waals surface area (Å²) < 4.78 is 45.4. The summed E-state index contributed by atoms with van der Waals surface area (Å²) in [6, 6.07) is 9.68. The average Bonchev–Trinajstić information content (AvgIpc) is 3.48. The Morgan fingerprint density at radius 3 is 2.61 bits per heavy atom. The van der Waals surface area contributed by atoms with Crippen molar-refractivity contribution in [1.82, 2.24) is 40.0 Å². The van der Waals surface area contributed by atoms with Crippen LogP contribution in [0, 0.1) is 5.92 Å². The van der Waals surface area contributed by atoms with Gasteiger partial charge in [-0.1, -0.05) is 4.80 Å². The minimum absolute atomic E-state index is 0.169. The number of amides is 2. The number of carbonyl (C=O) groups excluding carboxylic acids is 2. The Balaban J connectivity index is 1.04. The normalized spacial score (nSPS) is 19.4. The van der Waals surface area contributed by atoms with Gasteiger partial charge in [0.2, 0.25) is 11.8 Å². The molecule has 16 heteroatoms. The molecule has 12 nitrogen and oxygen atoms in total. The quantitative estimate of drug-likeness (QED) is 0.270. The highest BCUT2D eigenvalue weighted by atomic mass is 32.1. The lowest BCUT2D eigenvalue weighted by Gasteiger charge is -2.38. The summed E-state index contributed by atoms with van der Waals surface area (Å²) in [5.74, 6) is -0.797. The van der Waals surface area contributed by atoms with E-state index in [1.807, 2.05) is 21.7 Å². The maximum atomic E-state index is 13.4. The maximum Gasteiger partial charge on any atom is 0.350 e. The highest BCUT2D eigenvalue weighted by Crippen LogP contribution is 2.35. The van der Waals surface area contributed by atoms with E-state index in [9.17, 15) is 22.8 Å². The van der Waals surface area contributed by atoms with Crippen molar-refractivity contribution in [2.75, 3.05) is 31.5 Å².